The highest BCUT2D eigenvalue weighted by Gasteiger charge is 2.07. The molecule has 0 saturated carbocycles. The molecule has 0 saturated heterocycles. The molecule has 1 nitrogen and oxygen atoms in total. The van der Waals surface area contributed by atoms with Crippen molar-refractivity contribution in [1.29, 1.82) is 0 Å². The molecule has 2 rings (SSSR count). The Morgan fingerprint density at radius 1 is 1.00 bits per heavy atom. The Hall–Kier alpha value is -0.900. The number of aliphatic hydroxyl groups is 1. The van der Waals surface area contributed by atoms with Crippen LogP contribution in [0, 0.1) is 0 Å². The molecule has 0 bridgehead atoms. The van der Waals surface area contributed by atoms with Gasteiger partial charge in [0.25, 0.3) is 0 Å². The molecule has 0 heterocycles. The Morgan fingerprint density at radius 3 is 2.45 bits per heavy atom. The summed E-state index contributed by atoms with van der Waals surface area (Å²) in [5, 5.41) is 9.38. The van der Waals surface area contributed by atoms with Gasteiger partial charge >= 0.3 is 0 Å². The van der Waals surface area contributed by atoms with Gasteiger partial charge in [-0.3, -0.25) is 0 Å². The first-order valence-corrected chi connectivity index (χ1v) is 10.1. The lowest BCUT2D eigenvalue weighted by Crippen LogP contribution is -1.95. The van der Waals surface area contributed by atoms with E-state index in [1.165, 1.54) is 16.7 Å². The Labute approximate surface area is 141 Å². The summed E-state index contributed by atoms with van der Waals surface area (Å²) in [5.41, 5.74) is 5.30. The molecule has 0 atom stereocenters. The van der Waals surface area contributed by atoms with E-state index in [9.17, 15) is 5.11 Å². The number of aryl methyl sites for hydroxylation is 1. The number of hydrogen-bond donors (Lipinski definition) is 1. The highest BCUT2D eigenvalue weighted by molar-refractivity contribution is 8.76. The largest absolute Gasteiger partial charge is 0.392 e. The number of rotatable bonds is 7. The third-order valence-electron chi connectivity index (χ3n) is 3.78. The summed E-state index contributed by atoms with van der Waals surface area (Å²) in [6.45, 7) is 6.81. The molecule has 0 aliphatic rings. The summed E-state index contributed by atoms with van der Waals surface area (Å²) < 4.78 is 0. The molecule has 0 radical (unpaired) electrons. The molecule has 1 N–H and O–H groups in total. The molecule has 0 aromatic heterocycles. The zero-order valence-corrected chi connectivity index (χ0v) is 15.1. The lowest BCUT2D eigenvalue weighted by Gasteiger charge is -2.12. The zero-order valence-electron chi connectivity index (χ0n) is 13.5. The van der Waals surface area contributed by atoms with Gasteiger partial charge < -0.3 is 5.11 Å². The van der Waals surface area contributed by atoms with Crippen molar-refractivity contribution >= 4 is 21.6 Å². The van der Waals surface area contributed by atoms with Crippen LogP contribution in [0.25, 0.3) is 0 Å². The lowest BCUT2D eigenvalue weighted by molar-refractivity contribution is 0.279. The van der Waals surface area contributed by atoms with E-state index >= 15 is 0 Å². The highest BCUT2D eigenvalue weighted by atomic mass is 33.1. The van der Waals surface area contributed by atoms with E-state index in [-0.39, 0.29) is 6.61 Å². The Kier molecular flexibility index (Phi) is 6.87. The van der Waals surface area contributed by atoms with Crippen LogP contribution >= 0.6 is 21.6 Å². The fraction of sp³-hybridized carbons (Fsp3) is 0.368. The maximum Gasteiger partial charge on any atom is 0.0693 e. The first-order chi connectivity index (χ1) is 10.7. The average Bonchev–Trinajstić information content (AvgIpc) is 2.55. The molecular formula is C19H24OS2. The van der Waals surface area contributed by atoms with Gasteiger partial charge in [0, 0.05) is 10.6 Å². The molecule has 2 aromatic rings. The molecule has 0 unspecified atom stereocenters. The second-order valence-electron chi connectivity index (χ2n) is 5.65. The third kappa shape index (κ3) is 4.55. The van der Waals surface area contributed by atoms with Crippen LogP contribution in [0.5, 0.6) is 0 Å². The topological polar surface area (TPSA) is 20.2 Å². The van der Waals surface area contributed by atoms with E-state index in [4.69, 9.17) is 0 Å². The van der Waals surface area contributed by atoms with Gasteiger partial charge in [0.2, 0.25) is 0 Å². The van der Waals surface area contributed by atoms with Crippen LogP contribution in [0.3, 0.4) is 0 Å². The van der Waals surface area contributed by atoms with Crippen molar-refractivity contribution in [3.8, 4) is 0 Å². The normalized spacial score (nSPS) is 11.1. The van der Waals surface area contributed by atoms with Crippen LogP contribution < -0.4 is 0 Å². The van der Waals surface area contributed by atoms with Gasteiger partial charge in [-0.1, -0.05) is 78.8 Å². The van der Waals surface area contributed by atoms with E-state index in [0.717, 1.165) is 22.6 Å². The van der Waals surface area contributed by atoms with E-state index in [0.29, 0.717) is 5.92 Å². The van der Waals surface area contributed by atoms with Crippen LogP contribution in [0.2, 0.25) is 0 Å². The molecule has 22 heavy (non-hydrogen) atoms. The predicted molar refractivity (Wildman–Crippen MR) is 99.4 cm³/mol. The van der Waals surface area contributed by atoms with Crippen molar-refractivity contribution < 1.29 is 5.11 Å². The molecule has 0 amide bonds. The van der Waals surface area contributed by atoms with Crippen molar-refractivity contribution in [2.24, 2.45) is 0 Å². The minimum absolute atomic E-state index is 0.104. The average molecular weight is 333 g/mol. The quantitative estimate of drug-likeness (QED) is 0.647. The maximum atomic E-state index is 9.38. The molecule has 0 fully saturated rings. The van der Waals surface area contributed by atoms with Crippen molar-refractivity contribution in [1.82, 2.24) is 0 Å². The summed E-state index contributed by atoms with van der Waals surface area (Å²) in [7, 11) is 3.59. The maximum absolute atomic E-state index is 9.38. The highest BCUT2D eigenvalue weighted by Crippen LogP contribution is 2.36. The van der Waals surface area contributed by atoms with Crippen LogP contribution in [-0.2, 0) is 18.8 Å². The molecule has 118 valence electrons. The second kappa shape index (κ2) is 8.66. The summed E-state index contributed by atoms with van der Waals surface area (Å²) in [6.07, 6.45) is 1.08. The minimum Gasteiger partial charge on any atom is -0.392 e. The van der Waals surface area contributed by atoms with Gasteiger partial charge in [-0.2, -0.15) is 0 Å². The monoisotopic (exact) mass is 332 g/mol. The summed E-state index contributed by atoms with van der Waals surface area (Å²) >= 11 is 0. The van der Waals surface area contributed by atoms with Gasteiger partial charge in [0.15, 0.2) is 0 Å². The standard InChI is InChI=1S/C19H24OS2/c1-4-15-11-16(14(2)3)9-10-18(15)13-21-22-19-8-6-5-7-17(19)12-20/h5-11,14,20H,4,12-13H2,1-3H3. The second-order valence-corrected chi connectivity index (χ2v) is 7.99. The van der Waals surface area contributed by atoms with Crippen LogP contribution in [-0.4, -0.2) is 5.11 Å². The lowest BCUT2D eigenvalue weighted by atomic mass is 9.97. The smallest absolute Gasteiger partial charge is 0.0693 e. The Morgan fingerprint density at radius 2 is 1.77 bits per heavy atom. The van der Waals surface area contributed by atoms with Crippen molar-refractivity contribution in [2.45, 2.75) is 50.4 Å². The fourth-order valence-electron chi connectivity index (χ4n) is 2.35. The molecule has 0 aliphatic carbocycles. The molecule has 0 aliphatic heterocycles. The summed E-state index contributed by atoms with van der Waals surface area (Å²) in [6, 6.07) is 14.9. The Bertz CT molecular complexity index is 608. The molecule has 3 heteroatoms. The van der Waals surface area contributed by atoms with Gasteiger partial charge in [0.05, 0.1) is 6.61 Å². The zero-order chi connectivity index (χ0) is 15.9. The van der Waals surface area contributed by atoms with Gasteiger partial charge in [-0.15, -0.1) is 0 Å². The first-order valence-electron chi connectivity index (χ1n) is 7.75. The van der Waals surface area contributed by atoms with Crippen molar-refractivity contribution in [2.75, 3.05) is 0 Å². The van der Waals surface area contributed by atoms with Gasteiger partial charge in [0.1, 0.15) is 0 Å². The molecule has 2 aromatic carbocycles. The van der Waals surface area contributed by atoms with E-state index in [2.05, 4.69) is 45.0 Å². The van der Waals surface area contributed by atoms with Crippen LogP contribution in [0.15, 0.2) is 47.4 Å². The fourth-order valence-corrected chi connectivity index (χ4v) is 4.74. The first kappa shape index (κ1) is 17.5. The number of benzene rings is 2. The van der Waals surface area contributed by atoms with Crippen molar-refractivity contribution in [3.63, 3.8) is 0 Å². The van der Waals surface area contributed by atoms with Crippen molar-refractivity contribution in [3.05, 3.63) is 64.7 Å². The predicted octanol–water partition coefficient (Wildman–Crippen LogP) is 5.81. The minimum atomic E-state index is 0.104. The number of hydrogen-bond acceptors (Lipinski definition) is 3. The van der Waals surface area contributed by atoms with Crippen LogP contribution in [0.4, 0.5) is 0 Å². The van der Waals surface area contributed by atoms with E-state index in [1.54, 1.807) is 10.8 Å². The summed E-state index contributed by atoms with van der Waals surface area (Å²) in [5.74, 6) is 1.57. The third-order valence-corrected chi connectivity index (χ3v) is 6.15. The summed E-state index contributed by atoms with van der Waals surface area (Å²) in [4.78, 5) is 1.16. The molecular weight excluding hydrogens is 308 g/mol. The van der Waals surface area contributed by atoms with E-state index < -0.39 is 0 Å². The van der Waals surface area contributed by atoms with Crippen LogP contribution in [0.1, 0.15) is 48.9 Å². The van der Waals surface area contributed by atoms with Gasteiger partial charge in [-0.05, 0) is 40.7 Å². The van der Waals surface area contributed by atoms with E-state index in [1.807, 2.05) is 29.0 Å². The Balaban J connectivity index is 2.02. The number of aliphatic hydroxyl groups excluding tert-OH is 1. The molecule has 0 spiro atoms. The van der Waals surface area contributed by atoms with Gasteiger partial charge in [-0.25, -0.2) is 0 Å². The SMILES string of the molecule is CCc1cc(C(C)C)ccc1CSSc1ccccc1CO.